The van der Waals surface area contributed by atoms with Crippen molar-refractivity contribution in [3.05, 3.63) is 0 Å². The molecular formula is C12H24N2. The molecule has 2 fully saturated rings. The molecule has 0 radical (unpaired) electrons. The molecule has 1 unspecified atom stereocenters. The van der Waals surface area contributed by atoms with Gasteiger partial charge in [-0.2, -0.15) is 0 Å². The topological polar surface area (TPSA) is 15.3 Å². The summed E-state index contributed by atoms with van der Waals surface area (Å²) in [5, 5.41) is 3.37. The van der Waals surface area contributed by atoms with Crippen molar-refractivity contribution in [3.8, 4) is 0 Å². The molecule has 1 N–H and O–H groups in total. The summed E-state index contributed by atoms with van der Waals surface area (Å²) >= 11 is 0. The van der Waals surface area contributed by atoms with Crippen molar-refractivity contribution in [1.82, 2.24) is 10.2 Å². The summed E-state index contributed by atoms with van der Waals surface area (Å²) < 4.78 is 0. The fraction of sp³-hybridized carbons (Fsp3) is 1.00. The fourth-order valence-electron chi connectivity index (χ4n) is 2.59. The molecule has 0 saturated carbocycles. The molecule has 2 rings (SSSR count). The molecule has 0 spiro atoms. The van der Waals surface area contributed by atoms with E-state index in [4.69, 9.17) is 0 Å². The summed E-state index contributed by atoms with van der Waals surface area (Å²) in [6, 6.07) is 0. The Hall–Kier alpha value is -0.0800. The highest BCUT2D eigenvalue weighted by Gasteiger charge is 2.25. The fourth-order valence-corrected chi connectivity index (χ4v) is 2.59. The van der Waals surface area contributed by atoms with Gasteiger partial charge in [-0.05, 0) is 50.9 Å². The first-order valence-corrected chi connectivity index (χ1v) is 6.29. The van der Waals surface area contributed by atoms with Gasteiger partial charge in [-0.3, -0.25) is 0 Å². The Balaban J connectivity index is 1.71. The van der Waals surface area contributed by atoms with E-state index in [0.29, 0.717) is 0 Å². The van der Waals surface area contributed by atoms with Crippen LogP contribution in [0, 0.1) is 11.8 Å². The Morgan fingerprint density at radius 2 is 1.79 bits per heavy atom. The zero-order valence-corrected chi connectivity index (χ0v) is 9.47. The molecule has 0 amide bonds. The first-order chi connectivity index (χ1) is 6.86. The lowest BCUT2D eigenvalue weighted by Gasteiger charge is -2.35. The van der Waals surface area contributed by atoms with Crippen LogP contribution in [-0.2, 0) is 0 Å². The Kier molecular flexibility index (Phi) is 3.82. The molecule has 2 heterocycles. The maximum absolute atomic E-state index is 3.37. The highest BCUT2D eigenvalue weighted by Crippen LogP contribution is 2.19. The second-order valence-corrected chi connectivity index (χ2v) is 5.11. The summed E-state index contributed by atoms with van der Waals surface area (Å²) in [7, 11) is 0. The van der Waals surface area contributed by atoms with E-state index in [2.05, 4.69) is 17.1 Å². The van der Waals surface area contributed by atoms with Crippen molar-refractivity contribution < 1.29 is 0 Å². The van der Waals surface area contributed by atoms with Crippen molar-refractivity contribution in [2.24, 2.45) is 11.8 Å². The maximum atomic E-state index is 3.37. The molecular weight excluding hydrogens is 172 g/mol. The van der Waals surface area contributed by atoms with Gasteiger partial charge in [0.1, 0.15) is 0 Å². The van der Waals surface area contributed by atoms with Crippen LogP contribution in [0.25, 0.3) is 0 Å². The van der Waals surface area contributed by atoms with Crippen LogP contribution in [0.2, 0.25) is 0 Å². The molecule has 0 aromatic heterocycles. The molecule has 0 bridgehead atoms. The van der Waals surface area contributed by atoms with Gasteiger partial charge < -0.3 is 10.2 Å². The molecule has 0 aromatic rings. The lowest BCUT2D eigenvalue weighted by atomic mass is 9.88. The van der Waals surface area contributed by atoms with E-state index in [-0.39, 0.29) is 0 Å². The lowest BCUT2D eigenvalue weighted by molar-refractivity contribution is 0.169. The van der Waals surface area contributed by atoms with Crippen molar-refractivity contribution in [1.29, 1.82) is 0 Å². The minimum atomic E-state index is 0.898. The first kappa shape index (κ1) is 10.4. The third-order valence-electron chi connectivity index (χ3n) is 3.86. The minimum absolute atomic E-state index is 0.898. The van der Waals surface area contributed by atoms with Gasteiger partial charge >= 0.3 is 0 Å². The molecule has 2 heteroatoms. The molecule has 82 valence electrons. The predicted molar refractivity (Wildman–Crippen MR) is 60.4 cm³/mol. The zero-order valence-electron chi connectivity index (χ0n) is 9.47. The molecule has 2 nitrogen and oxygen atoms in total. The number of hydrogen-bond acceptors (Lipinski definition) is 2. The van der Waals surface area contributed by atoms with Crippen LogP contribution >= 0.6 is 0 Å². The Morgan fingerprint density at radius 1 is 1.14 bits per heavy atom. The van der Waals surface area contributed by atoms with E-state index in [9.17, 15) is 0 Å². The van der Waals surface area contributed by atoms with Crippen LogP contribution in [0.1, 0.15) is 32.6 Å². The smallest absolute Gasteiger partial charge is 0.00106 e. The molecule has 0 aromatic carbocycles. The van der Waals surface area contributed by atoms with Gasteiger partial charge in [0.15, 0.2) is 0 Å². The Labute approximate surface area is 88.1 Å². The zero-order chi connectivity index (χ0) is 9.80. The van der Waals surface area contributed by atoms with Crippen LogP contribution in [0.15, 0.2) is 0 Å². The summed E-state index contributed by atoms with van der Waals surface area (Å²) in [6.45, 7) is 8.99. The van der Waals surface area contributed by atoms with Gasteiger partial charge in [-0.1, -0.05) is 19.8 Å². The maximum Gasteiger partial charge on any atom is 0.00106 e. The van der Waals surface area contributed by atoms with Gasteiger partial charge in [-0.15, -0.1) is 0 Å². The average Bonchev–Trinajstić information content (AvgIpc) is 2.29. The first-order valence-electron chi connectivity index (χ1n) is 6.29. The second kappa shape index (κ2) is 5.13. The Morgan fingerprint density at radius 3 is 2.29 bits per heavy atom. The molecule has 14 heavy (non-hydrogen) atoms. The lowest BCUT2D eigenvalue weighted by Crippen LogP contribution is -2.48. The van der Waals surface area contributed by atoms with E-state index in [1.54, 1.807) is 0 Å². The van der Waals surface area contributed by atoms with E-state index in [1.165, 1.54) is 58.4 Å². The number of hydrogen-bond donors (Lipinski definition) is 1. The van der Waals surface area contributed by atoms with Crippen molar-refractivity contribution in [3.63, 3.8) is 0 Å². The molecule has 2 aliphatic heterocycles. The summed E-state index contributed by atoms with van der Waals surface area (Å²) in [5.41, 5.74) is 0. The highest BCUT2D eigenvalue weighted by atomic mass is 15.1. The summed E-state index contributed by atoms with van der Waals surface area (Å²) in [6.07, 6.45) is 5.76. The highest BCUT2D eigenvalue weighted by molar-refractivity contribution is 4.81. The Bertz CT molecular complexity index is 158. The van der Waals surface area contributed by atoms with Gasteiger partial charge in [0.2, 0.25) is 0 Å². The number of nitrogens with one attached hydrogen (secondary N) is 1. The monoisotopic (exact) mass is 196 g/mol. The van der Waals surface area contributed by atoms with Gasteiger partial charge in [0, 0.05) is 6.54 Å². The molecule has 2 aliphatic rings. The van der Waals surface area contributed by atoms with E-state index >= 15 is 0 Å². The van der Waals surface area contributed by atoms with Crippen LogP contribution in [0.4, 0.5) is 0 Å². The van der Waals surface area contributed by atoms with Crippen molar-refractivity contribution in [2.45, 2.75) is 32.6 Å². The van der Waals surface area contributed by atoms with Crippen LogP contribution in [0.3, 0.4) is 0 Å². The van der Waals surface area contributed by atoms with Gasteiger partial charge in [0.25, 0.3) is 0 Å². The largest absolute Gasteiger partial charge is 0.316 e. The molecule has 0 aliphatic carbocycles. The van der Waals surface area contributed by atoms with E-state index in [1.807, 2.05) is 0 Å². The number of nitrogens with zero attached hydrogens (tertiary/aromatic N) is 1. The minimum Gasteiger partial charge on any atom is -0.316 e. The molecule has 1 atom stereocenters. The van der Waals surface area contributed by atoms with Crippen LogP contribution in [0.5, 0.6) is 0 Å². The summed E-state index contributed by atoms with van der Waals surface area (Å²) in [4.78, 5) is 2.69. The van der Waals surface area contributed by atoms with Crippen LogP contribution in [-0.4, -0.2) is 37.6 Å². The standard InChI is InChI=1S/C12H24N2/c1-11(12-8-13-9-12)10-14-6-4-2-3-5-7-14/h11-13H,2-10H2,1H3. The normalized spacial score (nSPS) is 28.1. The second-order valence-electron chi connectivity index (χ2n) is 5.11. The third kappa shape index (κ3) is 2.71. The van der Waals surface area contributed by atoms with Gasteiger partial charge in [-0.25, -0.2) is 0 Å². The third-order valence-corrected chi connectivity index (χ3v) is 3.86. The van der Waals surface area contributed by atoms with E-state index in [0.717, 1.165) is 11.8 Å². The molecule has 2 saturated heterocycles. The van der Waals surface area contributed by atoms with E-state index < -0.39 is 0 Å². The van der Waals surface area contributed by atoms with Crippen molar-refractivity contribution in [2.75, 3.05) is 32.7 Å². The van der Waals surface area contributed by atoms with Crippen LogP contribution < -0.4 is 5.32 Å². The summed E-state index contributed by atoms with van der Waals surface area (Å²) in [5.74, 6) is 1.85. The number of likely N-dealkylation sites (tertiary alicyclic amines) is 1. The average molecular weight is 196 g/mol. The van der Waals surface area contributed by atoms with Gasteiger partial charge in [0.05, 0.1) is 0 Å². The number of rotatable bonds is 3. The van der Waals surface area contributed by atoms with Crippen molar-refractivity contribution >= 4 is 0 Å². The quantitative estimate of drug-likeness (QED) is 0.739. The SMILES string of the molecule is CC(CN1CCCCCC1)C1CNC1. The predicted octanol–water partition coefficient (Wildman–Crippen LogP) is 1.72.